The van der Waals surface area contributed by atoms with Crippen molar-refractivity contribution in [3.05, 3.63) is 60.8 Å². The van der Waals surface area contributed by atoms with Gasteiger partial charge in [-0.2, -0.15) is 0 Å². The first-order valence-corrected chi connectivity index (χ1v) is 13.5. The van der Waals surface area contributed by atoms with Crippen molar-refractivity contribution in [3.63, 3.8) is 0 Å². The maximum absolute atomic E-state index is 12.3. The van der Waals surface area contributed by atoms with E-state index in [9.17, 15) is 9.59 Å². The number of benzene rings is 2. The van der Waals surface area contributed by atoms with E-state index in [2.05, 4.69) is 43.0 Å². The van der Waals surface area contributed by atoms with E-state index >= 15 is 0 Å². The van der Waals surface area contributed by atoms with Gasteiger partial charge in [0.1, 0.15) is 0 Å². The maximum Gasteiger partial charge on any atom is 0.241 e. The molecule has 1 aromatic heterocycles. The zero-order valence-electron chi connectivity index (χ0n) is 22.2. The molecule has 3 N–H and O–H groups in total. The SMILES string of the molecule is COCCC(=O)N1CCN(c2ccc(Nc3nccc(-c4ccc(NC(=O)C5CCCN5)cc4)n3)cc2)CC1. The van der Waals surface area contributed by atoms with E-state index in [1.807, 2.05) is 47.4 Å². The topological polar surface area (TPSA) is 112 Å². The van der Waals surface area contributed by atoms with Crippen LogP contribution in [0.3, 0.4) is 0 Å². The van der Waals surface area contributed by atoms with E-state index in [-0.39, 0.29) is 17.9 Å². The zero-order valence-corrected chi connectivity index (χ0v) is 22.2. The number of carbonyl (C=O) groups is 2. The average Bonchev–Trinajstić information content (AvgIpc) is 3.53. The molecule has 0 aliphatic carbocycles. The quantitative estimate of drug-likeness (QED) is 0.387. The first kappa shape index (κ1) is 26.6. The molecule has 3 heterocycles. The molecule has 2 aromatic carbocycles. The van der Waals surface area contributed by atoms with Crippen LogP contribution < -0.4 is 20.9 Å². The molecule has 0 bridgehead atoms. The number of piperazine rings is 1. The summed E-state index contributed by atoms with van der Waals surface area (Å²) in [7, 11) is 1.62. The van der Waals surface area contributed by atoms with Crippen molar-refractivity contribution >= 4 is 34.8 Å². The van der Waals surface area contributed by atoms with Crippen LogP contribution in [0.2, 0.25) is 0 Å². The van der Waals surface area contributed by atoms with E-state index < -0.39 is 0 Å². The summed E-state index contributed by atoms with van der Waals surface area (Å²) in [6, 6.07) is 17.6. The summed E-state index contributed by atoms with van der Waals surface area (Å²) in [6.45, 7) is 4.39. The molecule has 204 valence electrons. The number of carbonyl (C=O) groups excluding carboxylic acids is 2. The van der Waals surface area contributed by atoms with Gasteiger partial charge in [-0.25, -0.2) is 9.97 Å². The predicted octanol–water partition coefficient (Wildman–Crippen LogP) is 3.26. The summed E-state index contributed by atoms with van der Waals surface area (Å²) in [5, 5.41) is 9.48. The van der Waals surface area contributed by atoms with Crippen LogP contribution >= 0.6 is 0 Å². The van der Waals surface area contributed by atoms with Gasteiger partial charge < -0.3 is 30.5 Å². The van der Waals surface area contributed by atoms with Gasteiger partial charge in [-0.3, -0.25) is 9.59 Å². The molecule has 2 aliphatic heterocycles. The van der Waals surface area contributed by atoms with Crippen molar-refractivity contribution in [1.82, 2.24) is 20.2 Å². The minimum atomic E-state index is -0.110. The molecular formula is C29H35N7O3. The third-order valence-electron chi connectivity index (χ3n) is 7.12. The molecule has 3 aromatic rings. The van der Waals surface area contributed by atoms with E-state index in [0.717, 1.165) is 60.8 Å². The summed E-state index contributed by atoms with van der Waals surface area (Å²) in [5.74, 6) is 0.668. The molecule has 2 saturated heterocycles. The van der Waals surface area contributed by atoms with Gasteiger partial charge in [0.05, 0.1) is 24.8 Å². The van der Waals surface area contributed by atoms with Crippen LogP contribution in [0.1, 0.15) is 19.3 Å². The number of amides is 2. The predicted molar refractivity (Wildman–Crippen MR) is 152 cm³/mol. The lowest BCUT2D eigenvalue weighted by atomic mass is 10.1. The number of anilines is 4. The van der Waals surface area contributed by atoms with Crippen molar-refractivity contribution in [2.75, 3.05) is 62.0 Å². The van der Waals surface area contributed by atoms with Gasteiger partial charge in [-0.05, 0) is 61.9 Å². The Balaban J connectivity index is 1.15. The van der Waals surface area contributed by atoms with Gasteiger partial charge in [0.25, 0.3) is 0 Å². The van der Waals surface area contributed by atoms with Gasteiger partial charge >= 0.3 is 0 Å². The van der Waals surface area contributed by atoms with Gasteiger partial charge in [0.15, 0.2) is 0 Å². The minimum Gasteiger partial charge on any atom is -0.384 e. The number of ether oxygens (including phenoxy) is 1. The second-order valence-electron chi connectivity index (χ2n) is 9.76. The van der Waals surface area contributed by atoms with Crippen LogP contribution in [-0.4, -0.2) is 79.2 Å². The number of nitrogens with zero attached hydrogens (tertiary/aromatic N) is 4. The zero-order chi connectivity index (χ0) is 27.0. The van der Waals surface area contributed by atoms with Crippen molar-refractivity contribution in [3.8, 4) is 11.3 Å². The smallest absolute Gasteiger partial charge is 0.241 e. The summed E-state index contributed by atoms with van der Waals surface area (Å²) in [4.78, 5) is 37.8. The van der Waals surface area contributed by atoms with Crippen LogP contribution in [0.5, 0.6) is 0 Å². The first-order valence-electron chi connectivity index (χ1n) is 13.5. The number of methoxy groups -OCH3 is 1. The molecule has 1 atom stereocenters. The van der Waals surface area contributed by atoms with Gasteiger partial charge in [-0.1, -0.05) is 12.1 Å². The van der Waals surface area contributed by atoms with Gasteiger partial charge in [0, 0.05) is 62.1 Å². The second kappa shape index (κ2) is 12.7. The van der Waals surface area contributed by atoms with Crippen molar-refractivity contribution < 1.29 is 14.3 Å². The minimum absolute atomic E-state index is 0.00935. The largest absolute Gasteiger partial charge is 0.384 e. The lowest BCUT2D eigenvalue weighted by Gasteiger charge is -2.36. The van der Waals surface area contributed by atoms with E-state index in [4.69, 9.17) is 4.74 Å². The lowest BCUT2D eigenvalue weighted by Crippen LogP contribution is -2.49. The third-order valence-corrected chi connectivity index (χ3v) is 7.12. The van der Waals surface area contributed by atoms with Crippen molar-refractivity contribution in [1.29, 1.82) is 0 Å². The van der Waals surface area contributed by atoms with Crippen LogP contribution in [0.15, 0.2) is 60.8 Å². The molecule has 10 nitrogen and oxygen atoms in total. The Hall–Kier alpha value is -4.02. The first-order chi connectivity index (χ1) is 19.1. The van der Waals surface area contributed by atoms with Gasteiger partial charge in [0.2, 0.25) is 17.8 Å². The summed E-state index contributed by atoms with van der Waals surface area (Å²) in [5.41, 5.74) is 4.51. The van der Waals surface area contributed by atoms with Gasteiger partial charge in [-0.15, -0.1) is 0 Å². The third kappa shape index (κ3) is 6.90. The fraction of sp³-hybridized carbons (Fsp3) is 0.379. The molecule has 2 fully saturated rings. The van der Waals surface area contributed by atoms with Crippen molar-refractivity contribution in [2.45, 2.75) is 25.3 Å². The van der Waals surface area contributed by atoms with E-state index in [1.54, 1.807) is 13.3 Å². The Morgan fingerprint density at radius 3 is 2.44 bits per heavy atom. The van der Waals surface area contributed by atoms with Crippen LogP contribution in [0.25, 0.3) is 11.3 Å². The number of hydrogen-bond acceptors (Lipinski definition) is 8. The maximum atomic E-state index is 12.3. The summed E-state index contributed by atoms with van der Waals surface area (Å²) in [6.07, 6.45) is 4.07. The second-order valence-corrected chi connectivity index (χ2v) is 9.76. The Morgan fingerprint density at radius 2 is 1.74 bits per heavy atom. The molecule has 1 unspecified atom stereocenters. The van der Waals surface area contributed by atoms with Crippen LogP contribution in [-0.2, 0) is 14.3 Å². The monoisotopic (exact) mass is 529 g/mol. The van der Waals surface area contributed by atoms with Crippen LogP contribution in [0, 0.1) is 0 Å². The molecular weight excluding hydrogens is 494 g/mol. The van der Waals surface area contributed by atoms with Crippen molar-refractivity contribution in [2.24, 2.45) is 0 Å². The van der Waals surface area contributed by atoms with E-state index in [0.29, 0.717) is 32.1 Å². The molecule has 0 saturated carbocycles. The Bertz CT molecular complexity index is 1250. The Kier molecular flexibility index (Phi) is 8.65. The average molecular weight is 530 g/mol. The molecule has 39 heavy (non-hydrogen) atoms. The molecule has 0 radical (unpaired) electrons. The molecule has 2 aliphatic rings. The highest BCUT2D eigenvalue weighted by Gasteiger charge is 2.22. The fourth-order valence-electron chi connectivity index (χ4n) is 4.89. The summed E-state index contributed by atoms with van der Waals surface area (Å²) >= 11 is 0. The Labute approximate surface area is 228 Å². The molecule has 2 amide bonds. The number of aromatic nitrogens is 2. The lowest BCUT2D eigenvalue weighted by molar-refractivity contribution is -0.132. The van der Waals surface area contributed by atoms with E-state index in [1.165, 1.54) is 0 Å². The number of hydrogen-bond donors (Lipinski definition) is 3. The fourth-order valence-corrected chi connectivity index (χ4v) is 4.89. The normalized spacial score (nSPS) is 17.2. The van der Waals surface area contributed by atoms with Crippen LogP contribution in [0.4, 0.5) is 23.0 Å². The summed E-state index contributed by atoms with van der Waals surface area (Å²) < 4.78 is 5.02. The highest BCUT2D eigenvalue weighted by molar-refractivity contribution is 5.95. The highest BCUT2D eigenvalue weighted by atomic mass is 16.5. The number of rotatable bonds is 9. The molecule has 5 rings (SSSR count). The Morgan fingerprint density at radius 1 is 1.00 bits per heavy atom. The highest BCUT2D eigenvalue weighted by Crippen LogP contribution is 2.24. The number of nitrogens with one attached hydrogen (secondary N) is 3. The molecule has 0 spiro atoms. The standard InChI is InChI=1S/C29H35N7O3/c1-39-20-13-27(37)36-18-16-35(17-19-36)24-10-8-23(9-11-24)33-29-31-15-12-25(34-29)21-4-6-22(7-5-21)32-28(38)26-3-2-14-30-26/h4-12,15,26,30H,2-3,13-14,16-20H2,1H3,(H,32,38)(H,31,33,34). The molecule has 10 heteroatoms.